The second-order valence-corrected chi connectivity index (χ2v) is 9.33. The summed E-state index contributed by atoms with van der Waals surface area (Å²) in [5, 5.41) is 3.55. The molecule has 0 aromatic rings. The second-order valence-electron chi connectivity index (χ2n) is 7.07. The molecule has 0 aliphatic heterocycles. The van der Waals surface area contributed by atoms with Crippen LogP contribution in [0.2, 0.25) is 0 Å². The molecule has 0 radical (unpaired) electrons. The van der Waals surface area contributed by atoms with Gasteiger partial charge in [-0.05, 0) is 55.4 Å². The Morgan fingerprint density at radius 2 is 1.89 bits per heavy atom. The number of sulfone groups is 1. The molecule has 0 aromatic heterocycles. The van der Waals surface area contributed by atoms with E-state index < -0.39 is 9.84 Å². The fourth-order valence-electron chi connectivity index (χ4n) is 3.47. The molecule has 0 aromatic carbocycles. The molecule has 2 atom stereocenters. The van der Waals surface area contributed by atoms with Crippen LogP contribution in [0, 0.1) is 23.2 Å². The van der Waals surface area contributed by atoms with E-state index in [9.17, 15) is 8.42 Å². The predicted octanol–water partition coefficient (Wildman–Crippen LogP) is 2.08. The first kappa shape index (κ1) is 14.3. The number of nitrogens with one attached hydrogen (secondary N) is 1. The van der Waals surface area contributed by atoms with E-state index in [2.05, 4.69) is 19.2 Å². The molecule has 0 saturated heterocycles. The maximum absolute atomic E-state index is 11.4. The van der Waals surface area contributed by atoms with Crippen LogP contribution in [0.3, 0.4) is 0 Å². The lowest BCUT2D eigenvalue weighted by Crippen LogP contribution is -2.36. The molecule has 2 rings (SSSR count). The zero-order valence-corrected chi connectivity index (χ0v) is 12.7. The average molecular weight is 273 g/mol. The Kier molecular flexibility index (Phi) is 4.07. The van der Waals surface area contributed by atoms with Gasteiger partial charge in [0.25, 0.3) is 0 Å². The topological polar surface area (TPSA) is 46.2 Å². The Hall–Kier alpha value is -0.0900. The minimum absolute atomic E-state index is 0.269. The highest BCUT2D eigenvalue weighted by Crippen LogP contribution is 2.60. The number of hydrogen-bond donors (Lipinski definition) is 1. The zero-order valence-electron chi connectivity index (χ0n) is 11.9. The van der Waals surface area contributed by atoms with Gasteiger partial charge in [0, 0.05) is 12.8 Å². The van der Waals surface area contributed by atoms with Gasteiger partial charge in [-0.25, -0.2) is 8.42 Å². The van der Waals surface area contributed by atoms with Crippen LogP contribution in [0.1, 0.15) is 39.5 Å². The highest BCUT2D eigenvalue weighted by Gasteiger charge is 2.53. The monoisotopic (exact) mass is 273 g/mol. The lowest BCUT2D eigenvalue weighted by atomic mass is 9.80. The van der Waals surface area contributed by atoms with Gasteiger partial charge in [-0.15, -0.1) is 0 Å². The lowest BCUT2D eigenvalue weighted by Gasteiger charge is -2.31. The summed E-state index contributed by atoms with van der Waals surface area (Å²) in [7, 11) is -2.82. The van der Waals surface area contributed by atoms with Crippen molar-refractivity contribution in [2.24, 2.45) is 23.2 Å². The van der Waals surface area contributed by atoms with Gasteiger partial charge in [-0.3, -0.25) is 0 Å². The molecule has 0 spiro atoms. The first-order chi connectivity index (χ1) is 8.30. The summed E-state index contributed by atoms with van der Waals surface area (Å²) in [6.07, 6.45) is 6.10. The Bertz CT molecular complexity index is 379. The Labute approximate surface area is 112 Å². The molecular weight excluding hydrogens is 246 g/mol. The minimum atomic E-state index is -2.82. The van der Waals surface area contributed by atoms with Crippen LogP contribution < -0.4 is 5.32 Å². The van der Waals surface area contributed by atoms with Crippen LogP contribution in [-0.2, 0) is 9.84 Å². The summed E-state index contributed by atoms with van der Waals surface area (Å²) in [5.41, 5.74) is 0.269. The smallest absolute Gasteiger partial charge is 0.147 e. The SMILES string of the molecule is CC(C)CNCC1(CCS(C)(=O)=O)CC2CC2C1. The van der Waals surface area contributed by atoms with E-state index in [-0.39, 0.29) is 5.41 Å². The summed E-state index contributed by atoms with van der Waals surface area (Å²) >= 11 is 0. The van der Waals surface area contributed by atoms with Crippen molar-refractivity contribution in [1.29, 1.82) is 0 Å². The standard InChI is InChI=1S/C14H27NO2S/c1-11(2)9-15-10-14(4-5-18(3,16)17)7-12-6-13(12)8-14/h11-13,15H,4-10H2,1-3H3. The maximum atomic E-state index is 11.4. The Balaban J connectivity index is 1.87. The fraction of sp³-hybridized carbons (Fsp3) is 1.00. The molecule has 2 aliphatic rings. The lowest BCUT2D eigenvalue weighted by molar-refractivity contribution is 0.238. The van der Waals surface area contributed by atoms with Crippen molar-refractivity contribution in [2.75, 3.05) is 25.1 Å². The van der Waals surface area contributed by atoms with Crippen LogP contribution in [0.4, 0.5) is 0 Å². The van der Waals surface area contributed by atoms with Gasteiger partial charge in [0.2, 0.25) is 0 Å². The van der Waals surface area contributed by atoms with Gasteiger partial charge in [0.1, 0.15) is 9.84 Å². The third kappa shape index (κ3) is 3.95. The van der Waals surface area contributed by atoms with E-state index >= 15 is 0 Å². The highest BCUT2D eigenvalue weighted by molar-refractivity contribution is 7.90. The molecule has 2 unspecified atom stereocenters. The third-order valence-electron chi connectivity index (χ3n) is 4.52. The molecule has 4 heteroatoms. The minimum Gasteiger partial charge on any atom is -0.316 e. The summed E-state index contributed by atoms with van der Waals surface area (Å²) in [6, 6.07) is 0. The molecule has 106 valence electrons. The maximum Gasteiger partial charge on any atom is 0.147 e. The molecule has 3 nitrogen and oxygen atoms in total. The van der Waals surface area contributed by atoms with Crippen LogP contribution >= 0.6 is 0 Å². The fourth-order valence-corrected chi connectivity index (χ4v) is 4.27. The Morgan fingerprint density at radius 3 is 2.39 bits per heavy atom. The van der Waals surface area contributed by atoms with Crippen molar-refractivity contribution in [3.8, 4) is 0 Å². The van der Waals surface area contributed by atoms with Crippen LogP contribution in [-0.4, -0.2) is 33.5 Å². The van der Waals surface area contributed by atoms with E-state index in [0.29, 0.717) is 11.7 Å². The first-order valence-corrected chi connectivity index (χ1v) is 9.24. The Morgan fingerprint density at radius 1 is 1.28 bits per heavy atom. The van der Waals surface area contributed by atoms with Gasteiger partial charge < -0.3 is 5.32 Å². The zero-order chi connectivity index (χ0) is 13.4. The number of hydrogen-bond acceptors (Lipinski definition) is 3. The molecule has 2 aliphatic carbocycles. The quantitative estimate of drug-likeness (QED) is 0.772. The van der Waals surface area contributed by atoms with Gasteiger partial charge >= 0.3 is 0 Å². The highest BCUT2D eigenvalue weighted by atomic mass is 32.2. The largest absolute Gasteiger partial charge is 0.316 e. The van der Waals surface area contributed by atoms with Crippen molar-refractivity contribution in [2.45, 2.75) is 39.5 Å². The molecule has 0 bridgehead atoms. The summed E-state index contributed by atoms with van der Waals surface area (Å²) in [4.78, 5) is 0. The van der Waals surface area contributed by atoms with E-state index in [1.807, 2.05) is 0 Å². The van der Waals surface area contributed by atoms with E-state index in [4.69, 9.17) is 0 Å². The molecule has 0 amide bonds. The van der Waals surface area contributed by atoms with E-state index in [1.165, 1.54) is 25.5 Å². The van der Waals surface area contributed by atoms with Gasteiger partial charge in [0.05, 0.1) is 5.75 Å². The van der Waals surface area contributed by atoms with Gasteiger partial charge in [-0.1, -0.05) is 13.8 Å². The number of rotatable bonds is 7. The molecular formula is C14H27NO2S. The van der Waals surface area contributed by atoms with Crippen molar-refractivity contribution < 1.29 is 8.42 Å². The molecule has 2 saturated carbocycles. The molecule has 0 heterocycles. The van der Waals surface area contributed by atoms with Gasteiger partial charge in [-0.2, -0.15) is 0 Å². The van der Waals surface area contributed by atoms with Crippen molar-refractivity contribution >= 4 is 9.84 Å². The average Bonchev–Trinajstić information content (AvgIpc) is 2.83. The van der Waals surface area contributed by atoms with Crippen molar-refractivity contribution in [3.63, 3.8) is 0 Å². The van der Waals surface area contributed by atoms with Gasteiger partial charge in [0.15, 0.2) is 0 Å². The first-order valence-electron chi connectivity index (χ1n) is 7.18. The molecule has 1 N–H and O–H groups in total. The number of fused-ring (bicyclic) bond motifs is 1. The summed E-state index contributed by atoms with van der Waals surface area (Å²) in [6.45, 7) is 6.47. The van der Waals surface area contributed by atoms with Crippen molar-refractivity contribution in [3.05, 3.63) is 0 Å². The summed E-state index contributed by atoms with van der Waals surface area (Å²) < 4.78 is 22.8. The second kappa shape index (κ2) is 5.12. The van der Waals surface area contributed by atoms with Crippen LogP contribution in [0.25, 0.3) is 0 Å². The third-order valence-corrected chi connectivity index (χ3v) is 5.46. The predicted molar refractivity (Wildman–Crippen MR) is 75.3 cm³/mol. The van der Waals surface area contributed by atoms with Crippen LogP contribution in [0.5, 0.6) is 0 Å². The normalized spacial score (nSPS) is 34.9. The summed E-state index contributed by atoms with van der Waals surface area (Å²) in [5.74, 6) is 2.83. The van der Waals surface area contributed by atoms with E-state index in [0.717, 1.165) is 31.3 Å². The van der Waals surface area contributed by atoms with Crippen LogP contribution in [0.15, 0.2) is 0 Å². The van der Waals surface area contributed by atoms with E-state index in [1.54, 1.807) is 0 Å². The molecule has 18 heavy (non-hydrogen) atoms. The van der Waals surface area contributed by atoms with Crippen molar-refractivity contribution in [1.82, 2.24) is 5.32 Å². The molecule has 2 fully saturated rings.